The molecule has 2 aromatic rings. The van der Waals surface area contributed by atoms with E-state index in [0.717, 1.165) is 16.8 Å². The number of carbonyl (C=O) groups is 1. The molecular formula is C23H24BrF5N2O3. The summed E-state index contributed by atoms with van der Waals surface area (Å²) in [5.41, 5.74) is -3.79. The number of esters is 1. The van der Waals surface area contributed by atoms with Crippen molar-refractivity contribution < 1.29 is 31.5 Å². The molecule has 34 heavy (non-hydrogen) atoms. The smallest absolute Gasteiger partial charge is 0.416 e. The van der Waals surface area contributed by atoms with Gasteiger partial charge in [0.25, 0.3) is 5.56 Å². The normalized spacial score (nSPS) is 16.3. The third-order valence-electron chi connectivity index (χ3n) is 5.24. The van der Waals surface area contributed by atoms with Crippen LogP contribution >= 0.6 is 15.9 Å². The maximum atomic E-state index is 14.8. The number of halogens is 6. The fourth-order valence-corrected chi connectivity index (χ4v) is 4.08. The van der Waals surface area contributed by atoms with Gasteiger partial charge in [-0.25, -0.2) is 13.6 Å². The molecule has 0 radical (unpaired) electrons. The van der Waals surface area contributed by atoms with Crippen molar-refractivity contribution in [3.8, 4) is 0 Å². The third-order valence-corrected chi connectivity index (χ3v) is 5.73. The molecule has 0 saturated carbocycles. The predicted molar refractivity (Wildman–Crippen MR) is 119 cm³/mol. The van der Waals surface area contributed by atoms with Gasteiger partial charge in [-0.1, -0.05) is 15.9 Å². The molecular weight excluding hydrogens is 527 g/mol. The number of hydrogen-bond acceptors (Lipinski definition) is 4. The second-order valence-electron chi connectivity index (χ2n) is 9.16. The van der Waals surface area contributed by atoms with Gasteiger partial charge in [-0.2, -0.15) is 13.2 Å². The lowest BCUT2D eigenvalue weighted by atomic mass is 10.0. The van der Waals surface area contributed by atoms with E-state index < -0.39 is 46.9 Å². The summed E-state index contributed by atoms with van der Waals surface area (Å²) in [5, 5.41) is 0. The number of aromatic nitrogens is 1. The summed E-state index contributed by atoms with van der Waals surface area (Å²) < 4.78 is 75.5. The number of benzene rings is 1. The van der Waals surface area contributed by atoms with Crippen molar-refractivity contribution in [1.29, 1.82) is 0 Å². The van der Waals surface area contributed by atoms with Crippen LogP contribution in [0.25, 0.3) is 0 Å². The fourth-order valence-electron chi connectivity index (χ4n) is 3.70. The van der Waals surface area contributed by atoms with Crippen molar-refractivity contribution in [1.82, 2.24) is 9.47 Å². The van der Waals surface area contributed by atoms with Gasteiger partial charge in [-0.3, -0.25) is 14.3 Å². The van der Waals surface area contributed by atoms with E-state index in [1.54, 1.807) is 25.7 Å². The van der Waals surface area contributed by atoms with Gasteiger partial charge in [-0.15, -0.1) is 0 Å². The number of hydrogen-bond donors (Lipinski definition) is 0. The summed E-state index contributed by atoms with van der Waals surface area (Å²) in [4.78, 5) is 27.6. The Morgan fingerprint density at radius 2 is 1.85 bits per heavy atom. The molecule has 0 spiro atoms. The quantitative estimate of drug-likeness (QED) is 0.379. The van der Waals surface area contributed by atoms with E-state index in [1.807, 2.05) is 0 Å². The van der Waals surface area contributed by atoms with Crippen molar-refractivity contribution >= 4 is 21.9 Å². The minimum Gasteiger partial charge on any atom is -0.458 e. The molecule has 186 valence electrons. The van der Waals surface area contributed by atoms with Crippen molar-refractivity contribution in [2.24, 2.45) is 0 Å². The van der Waals surface area contributed by atoms with Crippen LogP contribution in [0.3, 0.4) is 0 Å². The summed E-state index contributed by atoms with van der Waals surface area (Å²) >= 11 is 3.19. The molecule has 1 atom stereocenters. The molecule has 11 heteroatoms. The minimum atomic E-state index is -4.83. The van der Waals surface area contributed by atoms with E-state index in [-0.39, 0.29) is 37.2 Å². The molecule has 1 saturated heterocycles. The Kier molecular flexibility index (Phi) is 7.57. The monoisotopic (exact) mass is 550 g/mol. The molecule has 2 heterocycles. The summed E-state index contributed by atoms with van der Waals surface area (Å²) in [6.45, 7) is 5.09. The Morgan fingerprint density at radius 3 is 2.41 bits per heavy atom. The van der Waals surface area contributed by atoms with Crippen LogP contribution in [0, 0.1) is 5.82 Å². The van der Waals surface area contributed by atoms with Crippen LogP contribution in [0.1, 0.15) is 43.5 Å². The molecule has 1 fully saturated rings. The first-order valence-corrected chi connectivity index (χ1v) is 11.3. The highest BCUT2D eigenvalue weighted by molar-refractivity contribution is 9.10. The Bertz CT molecular complexity index is 1120. The topological polar surface area (TPSA) is 51.5 Å². The number of nitrogens with zero attached hydrogens (tertiary/aromatic N) is 2. The largest absolute Gasteiger partial charge is 0.458 e. The highest BCUT2D eigenvalue weighted by atomic mass is 79.9. The molecule has 0 aliphatic carbocycles. The standard InChI is InChI=1S/C23H24BrF5N2O3/c1-22(2,3)34-21(33)20(16-8-14(24)4-5-18(16)26)31-10-13(6-7-30-11-15(25)12-30)17(9-19(31)32)23(27,28)29/h4-5,8-10,15,20H,6-7,11-12H2,1-3H3. The van der Waals surface area contributed by atoms with Crippen molar-refractivity contribution in [3.05, 3.63) is 67.8 Å². The van der Waals surface area contributed by atoms with Crippen LogP contribution in [-0.4, -0.2) is 46.8 Å². The Hall–Kier alpha value is -2.27. The van der Waals surface area contributed by atoms with Gasteiger partial charge in [0.05, 0.1) is 5.56 Å². The molecule has 1 aromatic heterocycles. The first-order chi connectivity index (χ1) is 15.7. The summed E-state index contributed by atoms with van der Waals surface area (Å²) in [6.07, 6.45) is -5.07. The molecule has 1 aliphatic heterocycles. The van der Waals surface area contributed by atoms with E-state index >= 15 is 0 Å². The zero-order chi connectivity index (χ0) is 25.4. The van der Waals surface area contributed by atoms with E-state index in [4.69, 9.17) is 4.74 Å². The Labute approximate surface area is 201 Å². The minimum absolute atomic E-state index is 0.116. The van der Waals surface area contributed by atoms with Crippen LogP contribution in [0.5, 0.6) is 0 Å². The lowest BCUT2D eigenvalue weighted by Gasteiger charge is -2.34. The van der Waals surface area contributed by atoms with Crippen LogP contribution in [0.2, 0.25) is 0 Å². The van der Waals surface area contributed by atoms with Crippen molar-refractivity contribution in [2.75, 3.05) is 19.6 Å². The third kappa shape index (κ3) is 6.24. The Balaban J connectivity index is 2.13. The number of alkyl halides is 4. The Morgan fingerprint density at radius 1 is 1.21 bits per heavy atom. The number of rotatable bonds is 6. The molecule has 0 bridgehead atoms. The SMILES string of the molecule is CC(C)(C)OC(=O)C(c1cc(Br)ccc1F)n1cc(CCN2CC(F)C2)c(C(F)(F)F)cc1=O. The fraction of sp³-hybridized carbons (Fsp3) is 0.478. The molecule has 1 aromatic carbocycles. The zero-order valence-electron chi connectivity index (χ0n) is 18.8. The highest BCUT2D eigenvalue weighted by Crippen LogP contribution is 2.33. The van der Waals surface area contributed by atoms with Crippen LogP contribution in [0.15, 0.2) is 39.7 Å². The van der Waals surface area contributed by atoms with E-state index in [0.29, 0.717) is 10.5 Å². The van der Waals surface area contributed by atoms with Gasteiger partial charge in [0.2, 0.25) is 0 Å². The van der Waals surface area contributed by atoms with E-state index in [9.17, 15) is 31.5 Å². The second kappa shape index (κ2) is 9.77. The summed E-state index contributed by atoms with van der Waals surface area (Å²) in [7, 11) is 0. The van der Waals surface area contributed by atoms with Gasteiger partial charge in [-0.05, 0) is 51.0 Å². The first-order valence-electron chi connectivity index (χ1n) is 10.5. The molecule has 3 rings (SSSR count). The predicted octanol–water partition coefficient (Wildman–Crippen LogP) is 4.90. The zero-order valence-corrected chi connectivity index (χ0v) is 20.3. The molecule has 0 amide bonds. The number of ether oxygens (including phenoxy) is 1. The molecule has 0 N–H and O–H groups in total. The molecule has 1 aliphatic rings. The lowest BCUT2D eigenvalue weighted by molar-refractivity contribution is -0.157. The second-order valence-corrected chi connectivity index (χ2v) is 10.1. The van der Waals surface area contributed by atoms with Crippen molar-refractivity contribution in [3.63, 3.8) is 0 Å². The van der Waals surface area contributed by atoms with Crippen LogP contribution in [0.4, 0.5) is 22.0 Å². The summed E-state index contributed by atoms with van der Waals surface area (Å²) in [6, 6.07) is 2.47. The maximum absolute atomic E-state index is 14.8. The van der Waals surface area contributed by atoms with E-state index in [2.05, 4.69) is 15.9 Å². The highest BCUT2D eigenvalue weighted by Gasteiger charge is 2.37. The van der Waals surface area contributed by atoms with Gasteiger partial charge >= 0.3 is 12.1 Å². The maximum Gasteiger partial charge on any atom is 0.416 e. The number of pyridine rings is 1. The average Bonchev–Trinajstić information content (AvgIpc) is 2.66. The average molecular weight is 551 g/mol. The van der Waals surface area contributed by atoms with Gasteiger partial charge in [0, 0.05) is 41.9 Å². The van der Waals surface area contributed by atoms with Crippen molar-refractivity contribution in [2.45, 2.75) is 51.2 Å². The summed E-state index contributed by atoms with van der Waals surface area (Å²) in [5.74, 6) is -1.83. The van der Waals surface area contributed by atoms with Crippen LogP contribution < -0.4 is 5.56 Å². The van der Waals surface area contributed by atoms with Crippen LogP contribution in [-0.2, 0) is 22.1 Å². The van der Waals surface area contributed by atoms with Gasteiger partial charge in [0.15, 0.2) is 6.04 Å². The lowest BCUT2D eigenvalue weighted by Crippen LogP contribution is -2.49. The molecule has 5 nitrogen and oxygen atoms in total. The van der Waals surface area contributed by atoms with Gasteiger partial charge < -0.3 is 4.74 Å². The molecule has 1 unspecified atom stereocenters. The number of likely N-dealkylation sites (tertiary alicyclic amines) is 1. The van der Waals surface area contributed by atoms with E-state index in [1.165, 1.54) is 12.1 Å². The first kappa shape index (κ1) is 26.3. The van der Waals surface area contributed by atoms with Gasteiger partial charge in [0.1, 0.15) is 17.6 Å². The number of carbonyl (C=O) groups excluding carboxylic acids is 1.